The number of ether oxygens (including phenoxy) is 1. The third kappa shape index (κ3) is 4.00. The average Bonchev–Trinajstić information content (AvgIpc) is 2.34. The standard InChI is InChI=1S/C12H9Cl2NO3/c1-2-18-12(17)11(14)6-8-5-9(15-7-16)3-4-10(8)13/h3-6H,2H2,1H3/b11-6-. The number of hydrogen-bond acceptors (Lipinski definition) is 4. The quantitative estimate of drug-likeness (QED) is 0.368. The van der Waals surface area contributed by atoms with Gasteiger partial charge in [0.1, 0.15) is 5.03 Å². The molecule has 0 aromatic heterocycles. The van der Waals surface area contributed by atoms with E-state index in [1.807, 2.05) is 0 Å². The van der Waals surface area contributed by atoms with Gasteiger partial charge in [0.15, 0.2) is 0 Å². The van der Waals surface area contributed by atoms with E-state index in [0.29, 0.717) is 16.3 Å². The molecule has 0 bridgehead atoms. The minimum atomic E-state index is -0.639. The van der Waals surface area contributed by atoms with Crippen LogP contribution < -0.4 is 0 Å². The summed E-state index contributed by atoms with van der Waals surface area (Å²) < 4.78 is 4.73. The molecule has 0 saturated carbocycles. The van der Waals surface area contributed by atoms with Gasteiger partial charge in [-0.05, 0) is 36.8 Å². The molecule has 6 heteroatoms. The number of carbonyl (C=O) groups excluding carboxylic acids is 2. The lowest BCUT2D eigenvalue weighted by Gasteiger charge is -2.02. The largest absolute Gasteiger partial charge is 0.462 e. The summed E-state index contributed by atoms with van der Waals surface area (Å²) in [5, 5.41) is 0.272. The molecule has 1 rings (SSSR count). The van der Waals surface area contributed by atoms with Gasteiger partial charge in [-0.1, -0.05) is 23.2 Å². The molecule has 0 spiro atoms. The van der Waals surface area contributed by atoms with E-state index in [-0.39, 0.29) is 11.6 Å². The maximum absolute atomic E-state index is 11.3. The highest BCUT2D eigenvalue weighted by Crippen LogP contribution is 2.25. The van der Waals surface area contributed by atoms with E-state index in [1.165, 1.54) is 18.2 Å². The lowest BCUT2D eigenvalue weighted by Crippen LogP contribution is -2.03. The topological polar surface area (TPSA) is 55.7 Å². The predicted octanol–water partition coefficient (Wildman–Crippen LogP) is 3.45. The van der Waals surface area contributed by atoms with Gasteiger partial charge in [0.2, 0.25) is 6.08 Å². The molecule has 0 fully saturated rings. The summed E-state index contributed by atoms with van der Waals surface area (Å²) in [7, 11) is 0. The molecule has 18 heavy (non-hydrogen) atoms. The zero-order valence-electron chi connectivity index (χ0n) is 9.44. The van der Waals surface area contributed by atoms with Crippen molar-refractivity contribution < 1.29 is 14.3 Å². The van der Waals surface area contributed by atoms with Crippen molar-refractivity contribution in [3.8, 4) is 0 Å². The van der Waals surface area contributed by atoms with Crippen LogP contribution in [-0.4, -0.2) is 18.7 Å². The van der Waals surface area contributed by atoms with Gasteiger partial charge < -0.3 is 4.74 Å². The first-order chi connectivity index (χ1) is 8.58. The van der Waals surface area contributed by atoms with Gasteiger partial charge in [-0.3, -0.25) is 0 Å². The summed E-state index contributed by atoms with van der Waals surface area (Å²) in [6.45, 7) is 1.90. The number of esters is 1. The highest BCUT2D eigenvalue weighted by molar-refractivity contribution is 6.43. The second-order valence-corrected chi connectivity index (χ2v) is 3.94. The number of halogens is 2. The molecule has 0 aliphatic carbocycles. The summed E-state index contributed by atoms with van der Waals surface area (Å²) in [4.78, 5) is 24.9. The Bertz CT molecular complexity index is 534. The summed E-state index contributed by atoms with van der Waals surface area (Å²) >= 11 is 11.7. The SMILES string of the molecule is CCOC(=O)/C(Cl)=C/c1cc(N=C=O)ccc1Cl. The van der Waals surface area contributed by atoms with Crippen molar-refractivity contribution in [2.75, 3.05) is 6.61 Å². The summed E-state index contributed by atoms with van der Waals surface area (Å²) in [6.07, 6.45) is 2.77. The van der Waals surface area contributed by atoms with Gasteiger partial charge in [0.05, 0.1) is 12.3 Å². The van der Waals surface area contributed by atoms with Crippen molar-refractivity contribution in [1.29, 1.82) is 0 Å². The molecule has 0 atom stereocenters. The Morgan fingerprint density at radius 2 is 2.28 bits per heavy atom. The van der Waals surface area contributed by atoms with Crippen LogP contribution in [0, 0.1) is 0 Å². The Hall–Kier alpha value is -1.61. The Labute approximate surface area is 114 Å². The molecule has 0 radical (unpaired) electrons. The minimum absolute atomic E-state index is 0.106. The Morgan fingerprint density at radius 1 is 1.56 bits per heavy atom. The van der Waals surface area contributed by atoms with Crippen LogP contribution in [-0.2, 0) is 14.3 Å². The Balaban J connectivity index is 3.09. The number of benzene rings is 1. The molecule has 0 unspecified atom stereocenters. The fourth-order valence-electron chi connectivity index (χ4n) is 1.16. The predicted molar refractivity (Wildman–Crippen MR) is 69.7 cm³/mol. The molecular formula is C12H9Cl2NO3. The van der Waals surface area contributed by atoms with Crippen molar-refractivity contribution in [3.63, 3.8) is 0 Å². The second kappa shape index (κ2) is 6.97. The maximum Gasteiger partial charge on any atom is 0.349 e. The number of rotatable bonds is 4. The third-order valence-corrected chi connectivity index (χ3v) is 2.51. The van der Waals surface area contributed by atoms with Crippen molar-refractivity contribution in [2.24, 2.45) is 4.99 Å². The third-order valence-electron chi connectivity index (χ3n) is 1.91. The molecule has 1 aromatic carbocycles. The van der Waals surface area contributed by atoms with Crippen LogP contribution in [0.3, 0.4) is 0 Å². The summed E-state index contributed by atoms with van der Waals surface area (Å²) in [5.41, 5.74) is 0.834. The normalized spacial score (nSPS) is 10.7. The van der Waals surface area contributed by atoms with Crippen molar-refractivity contribution >= 4 is 47.0 Å². The van der Waals surface area contributed by atoms with Crippen LogP contribution in [0.1, 0.15) is 12.5 Å². The molecule has 0 aliphatic heterocycles. The highest BCUT2D eigenvalue weighted by Gasteiger charge is 2.08. The number of aliphatic imine (C=N–C) groups is 1. The molecule has 0 N–H and O–H groups in total. The molecule has 0 heterocycles. The first kappa shape index (κ1) is 14.5. The maximum atomic E-state index is 11.3. The average molecular weight is 286 g/mol. The molecular weight excluding hydrogens is 277 g/mol. The van der Waals surface area contributed by atoms with Gasteiger partial charge in [0.25, 0.3) is 0 Å². The van der Waals surface area contributed by atoms with Crippen LogP contribution in [0.15, 0.2) is 28.2 Å². The zero-order valence-corrected chi connectivity index (χ0v) is 11.0. The molecule has 1 aromatic rings. The molecule has 4 nitrogen and oxygen atoms in total. The van der Waals surface area contributed by atoms with Crippen LogP contribution in [0.4, 0.5) is 5.69 Å². The van der Waals surface area contributed by atoms with Crippen LogP contribution in [0.2, 0.25) is 5.02 Å². The van der Waals surface area contributed by atoms with Crippen LogP contribution >= 0.6 is 23.2 Å². The monoisotopic (exact) mass is 285 g/mol. The van der Waals surface area contributed by atoms with Crippen molar-refractivity contribution in [3.05, 3.63) is 33.8 Å². The molecule has 0 amide bonds. The highest BCUT2D eigenvalue weighted by atomic mass is 35.5. The van der Waals surface area contributed by atoms with E-state index in [4.69, 9.17) is 27.9 Å². The number of isocyanates is 1. The number of carbonyl (C=O) groups is 1. The van der Waals surface area contributed by atoms with Gasteiger partial charge in [-0.2, -0.15) is 4.99 Å². The number of hydrogen-bond donors (Lipinski definition) is 0. The first-order valence-corrected chi connectivity index (χ1v) is 5.75. The fraction of sp³-hybridized carbons (Fsp3) is 0.167. The van der Waals surface area contributed by atoms with Gasteiger partial charge >= 0.3 is 5.97 Å². The van der Waals surface area contributed by atoms with E-state index in [9.17, 15) is 9.59 Å². The minimum Gasteiger partial charge on any atom is -0.462 e. The molecule has 0 aliphatic rings. The van der Waals surface area contributed by atoms with E-state index in [1.54, 1.807) is 19.1 Å². The van der Waals surface area contributed by atoms with E-state index in [0.717, 1.165) is 0 Å². The molecule has 94 valence electrons. The summed E-state index contributed by atoms with van der Waals surface area (Å²) in [5.74, 6) is -0.639. The van der Waals surface area contributed by atoms with Gasteiger partial charge in [-0.15, -0.1) is 0 Å². The van der Waals surface area contributed by atoms with Gasteiger partial charge in [0, 0.05) is 5.02 Å². The van der Waals surface area contributed by atoms with E-state index in [2.05, 4.69) is 4.99 Å². The molecule has 0 saturated heterocycles. The van der Waals surface area contributed by atoms with Gasteiger partial charge in [-0.25, -0.2) is 9.59 Å². The fourth-order valence-corrected chi connectivity index (χ4v) is 1.50. The van der Waals surface area contributed by atoms with Crippen molar-refractivity contribution in [2.45, 2.75) is 6.92 Å². The van der Waals surface area contributed by atoms with Crippen LogP contribution in [0.25, 0.3) is 6.08 Å². The summed E-state index contributed by atoms with van der Waals surface area (Å²) in [6, 6.07) is 4.59. The van der Waals surface area contributed by atoms with E-state index < -0.39 is 5.97 Å². The second-order valence-electron chi connectivity index (χ2n) is 3.12. The lowest BCUT2D eigenvalue weighted by molar-refractivity contribution is -0.137. The van der Waals surface area contributed by atoms with Crippen molar-refractivity contribution in [1.82, 2.24) is 0 Å². The smallest absolute Gasteiger partial charge is 0.349 e. The first-order valence-electron chi connectivity index (χ1n) is 5.00. The van der Waals surface area contributed by atoms with E-state index >= 15 is 0 Å². The van der Waals surface area contributed by atoms with Crippen LogP contribution in [0.5, 0.6) is 0 Å². The number of nitrogens with zero attached hydrogens (tertiary/aromatic N) is 1. The lowest BCUT2D eigenvalue weighted by atomic mass is 10.2. The Morgan fingerprint density at radius 3 is 2.89 bits per heavy atom. The zero-order chi connectivity index (χ0) is 13.5. The Kier molecular flexibility index (Phi) is 5.59.